The second-order valence-electron chi connectivity index (χ2n) is 3.13. The van der Waals surface area contributed by atoms with E-state index in [0.29, 0.717) is 11.4 Å². The van der Waals surface area contributed by atoms with Crippen molar-refractivity contribution in [3.05, 3.63) is 41.7 Å². The number of aromatic carboxylic acids is 1. The van der Waals surface area contributed by atoms with Crippen molar-refractivity contribution in [2.45, 2.75) is 0 Å². The molecule has 1 aromatic rings. The van der Waals surface area contributed by atoms with Crippen LogP contribution in [0.25, 0.3) is 0 Å². The van der Waals surface area contributed by atoms with E-state index in [1.807, 2.05) is 0 Å². The Hall–Kier alpha value is -2.50. The Bertz CT molecular complexity index is 494. The van der Waals surface area contributed by atoms with Crippen molar-refractivity contribution in [1.82, 2.24) is 10.9 Å². The van der Waals surface area contributed by atoms with Crippen molar-refractivity contribution in [3.63, 3.8) is 0 Å². The molecule has 1 aromatic carbocycles. The SMILES string of the molecule is Nc1c(C(=O)O)cccc1C1=NC=CNN1. The van der Waals surface area contributed by atoms with Gasteiger partial charge in [-0.05, 0) is 12.1 Å². The molecule has 16 heavy (non-hydrogen) atoms. The first-order valence-corrected chi connectivity index (χ1v) is 4.56. The molecule has 2 rings (SSSR count). The predicted octanol–water partition coefficient (Wildman–Crippen LogP) is 0.293. The molecule has 0 spiro atoms. The van der Waals surface area contributed by atoms with E-state index in [0.717, 1.165) is 0 Å². The summed E-state index contributed by atoms with van der Waals surface area (Å²) in [6, 6.07) is 4.78. The fourth-order valence-electron chi connectivity index (χ4n) is 1.39. The lowest BCUT2D eigenvalue weighted by Crippen LogP contribution is -2.36. The summed E-state index contributed by atoms with van der Waals surface area (Å²) in [5, 5.41) is 8.92. The zero-order valence-electron chi connectivity index (χ0n) is 8.27. The van der Waals surface area contributed by atoms with E-state index in [1.54, 1.807) is 24.5 Å². The molecule has 6 heteroatoms. The molecule has 82 valence electrons. The molecule has 5 N–H and O–H groups in total. The third kappa shape index (κ3) is 1.68. The van der Waals surface area contributed by atoms with E-state index in [-0.39, 0.29) is 11.3 Å². The van der Waals surface area contributed by atoms with E-state index in [9.17, 15) is 4.79 Å². The molecule has 0 fully saturated rings. The number of hydrogen-bond donors (Lipinski definition) is 4. The summed E-state index contributed by atoms with van der Waals surface area (Å²) in [4.78, 5) is 14.9. The van der Waals surface area contributed by atoms with Gasteiger partial charge < -0.3 is 16.3 Å². The number of hydrogen-bond acceptors (Lipinski definition) is 5. The minimum absolute atomic E-state index is 0.0663. The Labute approximate surface area is 91.5 Å². The van der Waals surface area contributed by atoms with Gasteiger partial charge in [0.2, 0.25) is 0 Å². The maximum absolute atomic E-state index is 10.9. The highest BCUT2D eigenvalue weighted by molar-refractivity contribution is 6.07. The van der Waals surface area contributed by atoms with Gasteiger partial charge in [0.1, 0.15) is 0 Å². The van der Waals surface area contributed by atoms with Gasteiger partial charge in [0.15, 0.2) is 5.84 Å². The second kappa shape index (κ2) is 3.93. The minimum Gasteiger partial charge on any atom is -0.478 e. The molecule has 0 aromatic heterocycles. The molecule has 0 saturated heterocycles. The first-order chi connectivity index (χ1) is 7.70. The summed E-state index contributed by atoms with van der Waals surface area (Å²) in [5.74, 6) is -0.567. The minimum atomic E-state index is -1.06. The number of nitrogen functional groups attached to an aromatic ring is 1. The standard InChI is InChI=1S/C10H10N4O2/c11-8-6(9-12-4-5-13-14-9)2-1-3-7(8)10(15)16/h1-5,13H,11H2,(H,12,14)(H,15,16). The van der Waals surface area contributed by atoms with E-state index < -0.39 is 5.97 Å². The van der Waals surface area contributed by atoms with Crippen LogP contribution in [-0.4, -0.2) is 16.9 Å². The fourth-order valence-corrected chi connectivity index (χ4v) is 1.39. The summed E-state index contributed by atoms with van der Waals surface area (Å²) >= 11 is 0. The van der Waals surface area contributed by atoms with E-state index >= 15 is 0 Å². The first-order valence-electron chi connectivity index (χ1n) is 4.56. The first kappa shape index (κ1) is 10.0. The van der Waals surface area contributed by atoms with Crippen LogP contribution in [-0.2, 0) is 0 Å². The van der Waals surface area contributed by atoms with Crippen LogP contribution in [0.3, 0.4) is 0 Å². The van der Waals surface area contributed by atoms with Crippen LogP contribution in [0.2, 0.25) is 0 Å². The number of aliphatic imine (C=N–C) groups is 1. The van der Waals surface area contributed by atoms with Crippen LogP contribution < -0.4 is 16.6 Å². The molecule has 0 saturated carbocycles. The molecule has 0 aliphatic carbocycles. The van der Waals surface area contributed by atoms with Gasteiger partial charge in [0.05, 0.1) is 11.3 Å². The van der Waals surface area contributed by atoms with Crippen LogP contribution >= 0.6 is 0 Å². The number of carboxylic acids is 1. The zero-order chi connectivity index (χ0) is 11.5. The lowest BCUT2D eigenvalue weighted by atomic mass is 10.1. The summed E-state index contributed by atoms with van der Waals surface area (Å²) in [6.07, 6.45) is 3.17. The third-order valence-corrected chi connectivity index (χ3v) is 2.14. The molecule has 0 atom stereocenters. The monoisotopic (exact) mass is 218 g/mol. The zero-order valence-corrected chi connectivity index (χ0v) is 8.27. The van der Waals surface area contributed by atoms with Gasteiger partial charge in [-0.3, -0.25) is 5.43 Å². The van der Waals surface area contributed by atoms with Gasteiger partial charge in [-0.25, -0.2) is 9.79 Å². The highest BCUT2D eigenvalue weighted by Gasteiger charge is 2.14. The van der Waals surface area contributed by atoms with Crippen LogP contribution in [0.5, 0.6) is 0 Å². The van der Waals surface area contributed by atoms with Crippen LogP contribution in [0.1, 0.15) is 15.9 Å². The number of amidine groups is 1. The average molecular weight is 218 g/mol. The summed E-state index contributed by atoms with van der Waals surface area (Å²) in [7, 11) is 0. The number of rotatable bonds is 2. The Morgan fingerprint density at radius 2 is 2.25 bits per heavy atom. The molecule has 0 unspecified atom stereocenters. The number of carboxylic acid groups (broad SMARTS) is 1. The summed E-state index contributed by atoms with van der Waals surface area (Å²) in [5.41, 5.74) is 12.1. The van der Waals surface area contributed by atoms with Crippen molar-refractivity contribution >= 4 is 17.5 Å². The summed E-state index contributed by atoms with van der Waals surface area (Å²) in [6.45, 7) is 0. The van der Waals surface area contributed by atoms with Crippen molar-refractivity contribution in [2.24, 2.45) is 4.99 Å². The molecular weight excluding hydrogens is 208 g/mol. The van der Waals surface area contributed by atoms with Crippen LogP contribution in [0.15, 0.2) is 35.6 Å². The largest absolute Gasteiger partial charge is 0.478 e. The van der Waals surface area contributed by atoms with Gasteiger partial charge in [0.25, 0.3) is 0 Å². The van der Waals surface area contributed by atoms with Crippen LogP contribution in [0, 0.1) is 0 Å². The quantitative estimate of drug-likeness (QED) is 0.535. The maximum Gasteiger partial charge on any atom is 0.337 e. The normalized spacial score (nSPS) is 13.6. The number of hydrazine groups is 1. The number of nitrogens with zero attached hydrogens (tertiary/aromatic N) is 1. The molecule has 0 amide bonds. The topological polar surface area (TPSA) is 99.7 Å². The number of benzene rings is 1. The van der Waals surface area contributed by atoms with Gasteiger partial charge in [0, 0.05) is 18.0 Å². The smallest absolute Gasteiger partial charge is 0.337 e. The van der Waals surface area contributed by atoms with Gasteiger partial charge in [-0.15, -0.1) is 0 Å². The predicted molar refractivity (Wildman–Crippen MR) is 59.8 cm³/mol. The van der Waals surface area contributed by atoms with E-state index in [1.165, 1.54) is 6.07 Å². The van der Waals surface area contributed by atoms with Crippen molar-refractivity contribution in [2.75, 3.05) is 5.73 Å². The number of nitrogens with two attached hydrogens (primary N) is 1. The molecule has 1 aliphatic rings. The number of carbonyl (C=O) groups is 1. The van der Waals surface area contributed by atoms with Crippen molar-refractivity contribution in [1.29, 1.82) is 0 Å². The Morgan fingerprint density at radius 1 is 1.44 bits per heavy atom. The third-order valence-electron chi connectivity index (χ3n) is 2.14. The van der Waals surface area contributed by atoms with Crippen molar-refractivity contribution < 1.29 is 9.90 Å². The lowest BCUT2D eigenvalue weighted by Gasteiger charge is -2.14. The fraction of sp³-hybridized carbons (Fsp3) is 0. The van der Waals surface area contributed by atoms with Crippen molar-refractivity contribution in [3.8, 4) is 0 Å². The molecule has 0 radical (unpaired) electrons. The molecule has 1 heterocycles. The van der Waals surface area contributed by atoms with E-state index in [2.05, 4.69) is 15.8 Å². The maximum atomic E-state index is 10.9. The van der Waals surface area contributed by atoms with Gasteiger partial charge in [-0.2, -0.15) is 0 Å². The molecule has 1 aliphatic heterocycles. The molecular formula is C10H10N4O2. The number of anilines is 1. The van der Waals surface area contributed by atoms with Crippen LogP contribution in [0.4, 0.5) is 5.69 Å². The summed E-state index contributed by atoms with van der Waals surface area (Å²) < 4.78 is 0. The second-order valence-corrected chi connectivity index (χ2v) is 3.13. The van der Waals surface area contributed by atoms with E-state index in [4.69, 9.17) is 10.8 Å². The highest BCUT2D eigenvalue weighted by atomic mass is 16.4. The van der Waals surface area contributed by atoms with Gasteiger partial charge >= 0.3 is 5.97 Å². The number of nitrogens with one attached hydrogen (secondary N) is 2. The highest BCUT2D eigenvalue weighted by Crippen LogP contribution is 2.18. The Morgan fingerprint density at radius 3 is 2.88 bits per heavy atom. The average Bonchev–Trinajstić information content (AvgIpc) is 2.30. The van der Waals surface area contributed by atoms with Gasteiger partial charge in [-0.1, -0.05) is 6.07 Å². The number of para-hydroxylation sites is 1. The molecule has 6 nitrogen and oxygen atoms in total. The Kier molecular flexibility index (Phi) is 2.47. The Balaban J connectivity index is 2.49. The lowest BCUT2D eigenvalue weighted by molar-refractivity contribution is 0.0698. The molecule has 0 bridgehead atoms.